The van der Waals surface area contributed by atoms with E-state index in [1.54, 1.807) is 48.5 Å². The molecule has 1 aliphatic heterocycles. The molecule has 0 spiro atoms. The number of hydrogen-bond donors (Lipinski definition) is 2. The number of carboxylic acids is 1. The summed E-state index contributed by atoms with van der Waals surface area (Å²) in [6.07, 6.45) is -4.23. The summed E-state index contributed by atoms with van der Waals surface area (Å²) in [4.78, 5) is 24.6. The summed E-state index contributed by atoms with van der Waals surface area (Å²) in [5.41, 5.74) is 7.56. The highest BCUT2D eigenvalue weighted by Gasteiger charge is 2.36. The minimum atomic E-state index is -4.47. The van der Waals surface area contributed by atoms with Gasteiger partial charge in [-0.2, -0.15) is 13.2 Å². The number of hydrogen-bond acceptors (Lipinski definition) is 5. The number of nitrogens with two attached hydrogens (primary N) is 1. The minimum absolute atomic E-state index is 0.0323. The third-order valence-corrected chi connectivity index (χ3v) is 6.62. The maximum Gasteiger partial charge on any atom is 0.426 e. The Bertz CT molecular complexity index is 1210. The molecular weight excluding hydrogens is 469 g/mol. The number of nitrogens with zero attached hydrogens (tertiary/aromatic N) is 1. The van der Waals surface area contributed by atoms with Gasteiger partial charge >= 0.3 is 12.1 Å². The lowest BCUT2D eigenvalue weighted by atomic mass is 10.1. The molecule has 0 aliphatic carbocycles. The van der Waals surface area contributed by atoms with Crippen LogP contribution in [0.15, 0.2) is 54.6 Å². The molecule has 6 nitrogen and oxygen atoms in total. The van der Waals surface area contributed by atoms with Crippen LogP contribution in [0, 0.1) is 0 Å². The standard InChI is InChI=1S/C24H21F3N2O4S/c25-24(26,27)22-18(14-4-2-1-3-5-14)11-17(34-22)13-33-16-6-7-20-15(10-16)8-9-29(20)21(30)12-19(28)23(31)32/h1-7,10-11,19H,8-9,12-13,28H2,(H,31,32). The van der Waals surface area contributed by atoms with E-state index in [9.17, 15) is 22.8 Å². The van der Waals surface area contributed by atoms with Crippen molar-refractivity contribution in [3.63, 3.8) is 0 Å². The lowest BCUT2D eigenvalue weighted by Gasteiger charge is -2.18. The Morgan fingerprint density at radius 2 is 1.88 bits per heavy atom. The van der Waals surface area contributed by atoms with Crippen molar-refractivity contribution in [3.8, 4) is 16.9 Å². The van der Waals surface area contributed by atoms with E-state index in [1.165, 1.54) is 11.0 Å². The molecule has 1 aromatic heterocycles. The van der Waals surface area contributed by atoms with Gasteiger partial charge in [-0.05, 0) is 41.8 Å². The second kappa shape index (κ2) is 9.47. The van der Waals surface area contributed by atoms with Crippen molar-refractivity contribution in [1.29, 1.82) is 0 Å². The Labute approximate surface area is 197 Å². The number of aliphatic carboxylic acids is 1. The fourth-order valence-corrected chi connectivity index (χ4v) is 4.78. The van der Waals surface area contributed by atoms with Crippen molar-refractivity contribution in [2.24, 2.45) is 5.73 Å². The van der Waals surface area contributed by atoms with Gasteiger partial charge in [-0.25, -0.2) is 0 Å². The number of anilines is 1. The Morgan fingerprint density at radius 3 is 2.56 bits per heavy atom. The molecule has 2 aromatic carbocycles. The molecule has 4 rings (SSSR count). The Balaban J connectivity index is 1.48. The van der Waals surface area contributed by atoms with Crippen molar-refractivity contribution in [3.05, 3.63) is 69.9 Å². The second-order valence-electron chi connectivity index (χ2n) is 7.84. The number of benzene rings is 2. The molecule has 178 valence electrons. The first-order chi connectivity index (χ1) is 16.1. The third-order valence-electron chi connectivity index (χ3n) is 5.47. The van der Waals surface area contributed by atoms with Gasteiger partial charge in [0.25, 0.3) is 0 Å². The van der Waals surface area contributed by atoms with E-state index in [0.717, 1.165) is 5.56 Å². The molecule has 2 heterocycles. The first-order valence-electron chi connectivity index (χ1n) is 10.4. The first kappa shape index (κ1) is 23.8. The highest BCUT2D eigenvalue weighted by molar-refractivity contribution is 7.12. The Morgan fingerprint density at radius 1 is 1.15 bits per heavy atom. The van der Waals surface area contributed by atoms with Crippen LogP contribution in [0.2, 0.25) is 0 Å². The Hall–Kier alpha value is -3.37. The van der Waals surface area contributed by atoms with Gasteiger partial charge in [0.05, 0.1) is 6.42 Å². The van der Waals surface area contributed by atoms with Crippen LogP contribution in [0.4, 0.5) is 18.9 Å². The number of alkyl halides is 3. The molecule has 1 aliphatic rings. The largest absolute Gasteiger partial charge is 0.488 e. The number of fused-ring (bicyclic) bond motifs is 1. The number of amides is 1. The normalized spacial score (nSPS) is 14.1. The SMILES string of the molecule is NC(CC(=O)N1CCc2cc(OCc3cc(-c4ccccc4)c(C(F)(F)F)s3)ccc21)C(=O)O. The topological polar surface area (TPSA) is 92.9 Å². The lowest BCUT2D eigenvalue weighted by molar-refractivity contribution is -0.140. The fraction of sp³-hybridized carbons (Fsp3) is 0.250. The third kappa shape index (κ3) is 5.07. The highest BCUT2D eigenvalue weighted by Crippen LogP contribution is 2.43. The molecule has 1 atom stereocenters. The predicted octanol–water partition coefficient (Wildman–Crippen LogP) is 4.70. The summed E-state index contributed by atoms with van der Waals surface area (Å²) >= 11 is 0.656. The van der Waals surface area contributed by atoms with Crippen molar-refractivity contribution in [1.82, 2.24) is 0 Å². The van der Waals surface area contributed by atoms with Crippen LogP contribution in [0.3, 0.4) is 0 Å². The number of carboxylic acid groups (broad SMARTS) is 1. The zero-order valence-corrected chi connectivity index (χ0v) is 18.7. The summed E-state index contributed by atoms with van der Waals surface area (Å²) in [6, 6.07) is 13.7. The van der Waals surface area contributed by atoms with E-state index in [4.69, 9.17) is 15.6 Å². The van der Waals surface area contributed by atoms with Crippen LogP contribution < -0.4 is 15.4 Å². The van der Waals surface area contributed by atoms with Crippen LogP contribution in [-0.4, -0.2) is 29.6 Å². The number of carbonyl (C=O) groups excluding carboxylic acids is 1. The van der Waals surface area contributed by atoms with Crippen LogP contribution >= 0.6 is 11.3 Å². The molecule has 0 saturated heterocycles. The van der Waals surface area contributed by atoms with Gasteiger partial charge in [0.2, 0.25) is 5.91 Å². The molecular formula is C24H21F3N2O4S. The van der Waals surface area contributed by atoms with Crippen LogP contribution in [-0.2, 0) is 28.8 Å². The number of thiophene rings is 1. The van der Waals surface area contributed by atoms with E-state index in [0.29, 0.717) is 46.2 Å². The molecule has 1 amide bonds. The van der Waals surface area contributed by atoms with Gasteiger partial charge in [-0.3, -0.25) is 9.59 Å². The quantitative estimate of drug-likeness (QED) is 0.501. The van der Waals surface area contributed by atoms with Gasteiger partial charge in [0, 0.05) is 22.7 Å². The zero-order chi connectivity index (χ0) is 24.5. The van der Waals surface area contributed by atoms with Gasteiger partial charge in [0.1, 0.15) is 23.3 Å². The second-order valence-corrected chi connectivity index (χ2v) is 8.98. The summed E-state index contributed by atoms with van der Waals surface area (Å²) < 4.78 is 46.5. The Kier molecular flexibility index (Phi) is 6.63. The average Bonchev–Trinajstić information content (AvgIpc) is 3.42. The van der Waals surface area contributed by atoms with Crippen molar-refractivity contribution < 1.29 is 32.6 Å². The minimum Gasteiger partial charge on any atom is -0.488 e. The molecule has 0 bridgehead atoms. The van der Waals surface area contributed by atoms with E-state index < -0.39 is 23.1 Å². The summed E-state index contributed by atoms with van der Waals surface area (Å²) in [5, 5.41) is 8.91. The maximum atomic E-state index is 13.6. The molecule has 0 radical (unpaired) electrons. The average molecular weight is 491 g/mol. The van der Waals surface area contributed by atoms with E-state index in [-0.39, 0.29) is 24.5 Å². The summed E-state index contributed by atoms with van der Waals surface area (Å²) in [6.45, 7) is 0.361. The number of rotatable bonds is 7. The monoisotopic (exact) mass is 490 g/mol. The van der Waals surface area contributed by atoms with Crippen LogP contribution in [0.5, 0.6) is 5.75 Å². The van der Waals surface area contributed by atoms with Gasteiger partial charge in [-0.15, -0.1) is 11.3 Å². The molecule has 3 N–H and O–H groups in total. The molecule has 3 aromatic rings. The molecule has 0 fully saturated rings. The number of halogens is 3. The van der Waals surface area contributed by atoms with Crippen LogP contribution in [0.1, 0.15) is 21.7 Å². The first-order valence-corrected chi connectivity index (χ1v) is 11.2. The van der Waals surface area contributed by atoms with E-state index in [1.807, 2.05) is 0 Å². The number of ether oxygens (including phenoxy) is 1. The fourth-order valence-electron chi connectivity index (χ4n) is 3.82. The van der Waals surface area contributed by atoms with Crippen molar-refractivity contribution in [2.45, 2.75) is 31.7 Å². The van der Waals surface area contributed by atoms with Gasteiger partial charge in [0.15, 0.2) is 0 Å². The smallest absolute Gasteiger partial charge is 0.426 e. The summed E-state index contributed by atoms with van der Waals surface area (Å²) in [7, 11) is 0. The van der Waals surface area contributed by atoms with Gasteiger partial charge in [-0.1, -0.05) is 30.3 Å². The van der Waals surface area contributed by atoms with Crippen LogP contribution in [0.25, 0.3) is 11.1 Å². The molecule has 1 unspecified atom stereocenters. The molecule has 10 heteroatoms. The van der Waals surface area contributed by atoms with Gasteiger partial charge < -0.3 is 20.5 Å². The van der Waals surface area contributed by atoms with E-state index >= 15 is 0 Å². The predicted molar refractivity (Wildman–Crippen MR) is 122 cm³/mol. The molecule has 34 heavy (non-hydrogen) atoms. The van der Waals surface area contributed by atoms with Crippen molar-refractivity contribution in [2.75, 3.05) is 11.4 Å². The molecule has 0 saturated carbocycles. The summed E-state index contributed by atoms with van der Waals surface area (Å²) in [5.74, 6) is -1.15. The van der Waals surface area contributed by atoms with E-state index in [2.05, 4.69) is 0 Å². The lowest BCUT2D eigenvalue weighted by Crippen LogP contribution is -2.38. The zero-order valence-electron chi connectivity index (χ0n) is 17.8. The van der Waals surface area contributed by atoms with Crippen molar-refractivity contribution >= 4 is 28.9 Å². The maximum absolute atomic E-state index is 13.6. The number of carbonyl (C=O) groups is 2. The highest BCUT2D eigenvalue weighted by atomic mass is 32.1.